The Morgan fingerprint density at radius 3 is 2.75 bits per heavy atom. The van der Waals surface area contributed by atoms with E-state index in [4.69, 9.17) is 5.11 Å². The van der Waals surface area contributed by atoms with Gasteiger partial charge in [0.2, 0.25) is 0 Å². The molecule has 1 aromatic carbocycles. The molecule has 0 aliphatic rings. The number of amides is 1. The van der Waals surface area contributed by atoms with Gasteiger partial charge >= 0.3 is 12.1 Å². The van der Waals surface area contributed by atoms with Gasteiger partial charge in [-0.15, -0.1) is 0 Å². The molecule has 0 fully saturated rings. The summed E-state index contributed by atoms with van der Waals surface area (Å²) in [4.78, 5) is 32.1. The van der Waals surface area contributed by atoms with Crippen molar-refractivity contribution in [1.29, 1.82) is 0 Å². The van der Waals surface area contributed by atoms with Gasteiger partial charge in [-0.2, -0.15) is 0 Å². The lowest BCUT2D eigenvalue weighted by Crippen LogP contribution is -2.15. The lowest BCUT2D eigenvalue weighted by Gasteiger charge is -2.07. The normalized spacial score (nSPS) is 9.60. The van der Waals surface area contributed by atoms with Gasteiger partial charge < -0.3 is 9.84 Å². The maximum Gasteiger partial charge on any atom is 0.412 e. The molecule has 2 N–H and O–H groups in total. The maximum absolute atomic E-state index is 11.4. The Labute approximate surface area is 113 Å². The van der Waals surface area contributed by atoms with E-state index in [0.717, 1.165) is 6.07 Å². The van der Waals surface area contributed by atoms with Crippen molar-refractivity contribution >= 4 is 23.4 Å². The Hall–Kier alpha value is -2.90. The van der Waals surface area contributed by atoms with E-state index in [1.54, 1.807) is 0 Å². The summed E-state index contributed by atoms with van der Waals surface area (Å²) in [6.45, 7) is 3.31. The summed E-state index contributed by atoms with van der Waals surface area (Å²) < 4.78 is 4.64. The van der Waals surface area contributed by atoms with E-state index in [9.17, 15) is 19.7 Å². The number of carbonyl (C=O) groups is 2. The van der Waals surface area contributed by atoms with Crippen LogP contribution in [0.25, 0.3) is 0 Å². The number of carbonyl (C=O) groups excluding carboxylic acids is 1. The number of nitro benzene ring substituents is 1. The standard InChI is InChI=1S/C12H12N2O6/c1-2-5-20-12(17)13-9-6-8(7-11(15)16)3-4-10(9)14(18)19/h2-4,6H,1,5,7H2,(H,13,17)(H,15,16). The molecule has 1 aromatic rings. The summed E-state index contributed by atoms with van der Waals surface area (Å²) in [6, 6.07) is 3.66. The number of benzene rings is 1. The Morgan fingerprint density at radius 2 is 2.20 bits per heavy atom. The first-order chi connectivity index (χ1) is 9.43. The quantitative estimate of drug-likeness (QED) is 0.467. The number of hydrogen-bond acceptors (Lipinski definition) is 5. The third-order valence-corrected chi connectivity index (χ3v) is 2.18. The van der Waals surface area contributed by atoms with Crippen LogP contribution in [0.2, 0.25) is 0 Å². The molecular formula is C12H12N2O6. The highest BCUT2D eigenvalue weighted by Gasteiger charge is 2.17. The summed E-state index contributed by atoms with van der Waals surface area (Å²) >= 11 is 0. The number of hydrogen-bond donors (Lipinski definition) is 2. The van der Waals surface area contributed by atoms with E-state index in [2.05, 4.69) is 16.6 Å². The largest absolute Gasteiger partial charge is 0.481 e. The van der Waals surface area contributed by atoms with E-state index in [1.165, 1.54) is 18.2 Å². The van der Waals surface area contributed by atoms with Gasteiger partial charge in [-0.1, -0.05) is 18.7 Å². The molecule has 8 nitrogen and oxygen atoms in total. The minimum Gasteiger partial charge on any atom is -0.481 e. The van der Waals surface area contributed by atoms with E-state index in [1.807, 2.05) is 0 Å². The van der Waals surface area contributed by atoms with Gasteiger partial charge in [0.15, 0.2) is 0 Å². The van der Waals surface area contributed by atoms with Gasteiger partial charge in [-0.05, 0) is 11.6 Å². The van der Waals surface area contributed by atoms with Gasteiger partial charge in [0.1, 0.15) is 12.3 Å². The van der Waals surface area contributed by atoms with Gasteiger partial charge in [-0.3, -0.25) is 20.2 Å². The summed E-state index contributed by atoms with van der Waals surface area (Å²) in [6.07, 6.45) is 0.143. The van der Waals surface area contributed by atoms with Crippen molar-refractivity contribution in [3.8, 4) is 0 Å². The van der Waals surface area contributed by atoms with Crippen LogP contribution in [0.4, 0.5) is 16.2 Å². The third kappa shape index (κ3) is 4.41. The SMILES string of the molecule is C=CCOC(=O)Nc1cc(CC(=O)O)ccc1[N+](=O)[O-]. The van der Waals surface area contributed by atoms with Crippen LogP contribution < -0.4 is 5.32 Å². The minimum atomic E-state index is -1.08. The molecule has 20 heavy (non-hydrogen) atoms. The lowest BCUT2D eigenvalue weighted by atomic mass is 10.1. The molecule has 0 saturated heterocycles. The molecule has 0 radical (unpaired) electrons. The van der Waals surface area contributed by atoms with Gasteiger partial charge in [0.05, 0.1) is 11.3 Å². The highest BCUT2D eigenvalue weighted by Crippen LogP contribution is 2.25. The van der Waals surface area contributed by atoms with Crippen LogP contribution >= 0.6 is 0 Å². The second kappa shape index (κ2) is 6.88. The zero-order valence-electron chi connectivity index (χ0n) is 10.4. The summed E-state index contributed by atoms with van der Waals surface area (Å²) in [5.74, 6) is -1.08. The number of nitrogens with zero attached hydrogens (tertiary/aromatic N) is 1. The molecular weight excluding hydrogens is 268 g/mol. The predicted octanol–water partition coefficient (Wildman–Crippen LogP) is 1.96. The summed E-state index contributed by atoms with van der Waals surface area (Å²) in [5.41, 5.74) is -0.153. The fraction of sp³-hybridized carbons (Fsp3) is 0.167. The average Bonchev–Trinajstić information content (AvgIpc) is 2.35. The monoisotopic (exact) mass is 280 g/mol. The summed E-state index contributed by atoms with van der Waals surface area (Å²) in [7, 11) is 0. The molecule has 0 unspecified atom stereocenters. The minimum absolute atomic E-state index is 0.0472. The number of anilines is 1. The number of rotatable bonds is 6. The van der Waals surface area contributed by atoms with Crippen LogP contribution in [-0.2, 0) is 16.0 Å². The average molecular weight is 280 g/mol. The Kier molecular flexibility index (Phi) is 5.21. The Balaban J connectivity index is 2.99. The molecule has 1 amide bonds. The van der Waals surface area contributed by atoms with Crippen molar-refractivity contribution in [3.05, 3.63) is 46.5 Å². The third-order valence-electron chi connectivity index (χ3n) is 2.18. The van der Waals surface area contributed by atoms with Gasteiger partial charge in [0.25, 0.3) is 5.69 Å². The lowest BCUT2D eigenvalue weighted by molar-refractivity contribution is -0.383. The second-order valence-electron chi connectivity index (χ2n) is 3.69. The molecule has 1 rings (SSSR count). The topological polar surface area (TPSA) is 119 Å². The van der Waals surface area contributed by atoms with Crippen LogP contribution in [0.15, 0.2) is 30.9 Å². The van der Waals surface area contributed by atoms with Crippen molar-refractivity contribution < 1.29 is 24.4 Å². The molecule has 0 spiro atoms. The maximum atomic E-state index is 11.4. The van der Waals surface area contributed by atoms with Crippen molar-refractivity contribution in [2.75, 3.05) is 11.9 Å². The van der Waals surface area contributed by atoms with Crippen LogP contribution in [0, 0.1) is 10.1 Å². The van der Waals surface area contributed by atoms with Crippen LogP contribution in [0.1, 0.15) is 5.56 Å². The van der Waals surface area contributed by atoms with Crippen molar-refractivity contribution in [3.63, 3.8) is 0 Å². The van der Waals surface area contributed by atoms with Gasteiger partial charge in [0, 0.05) is 6.07 Å². The molecule has 0 bridgehead atoms. The fourth-order valence-corrected chi connectivity index (χ4v) is 1.41. The first-order valence-corrected chi connectivity index (χ1v) is 5.48. The fourth-order valence-electron chi connectivity index (χ4n) is 1.41. The molecule has 0 atom stereocenters. The summed E-state index contributed by atoms with van der Waals surface area (Å²) in [5, 5.41) is 21.7. The molecule has 0 aliphatic carbocycles. The molecule has 0 saturated carbocycles. The number of carboxylic acid groups (broad SMARTS) is 1. The molecule has 8 heteroatoms. The first kappa shape index (κ1) is 15.2. The highest BCUT2D eigenvalue weighted by molar-refractivity contribution is 5.88. The highest BCUT2D eigenvalue weighted by atomic mass is 16.6. The zero-order chi connectivity index (χ0) is 15.1. The zero-order valence-corrected chi connectivity index (χ0v) is 10.4. The number of ether oxygens (including phenoxy) is 1. The van der Waals surface area contributed by atoms with Crippen LogP contribution in [-0.4, -0.2) is 28.7 Å². The van der Waals surface area contributed by atoms with Crippen molar-refractivity contribution in [2.45, 2.75) is 6.42 Å². The number of aliphatic carboxylic acids is 1. The Bertz CT molecular complexity index is 555. The van der Waals surface area contributed by atoms with E-state index in [-0.39, 0.29) is 24.4 Å². The van der Waals surface area contributed by atoms with Crippen LogP contribution in [0.3, 0.4) is 0 Å². The smallest absolute Gasteiger partial charge is 0.412 e. The number of carboxylic acids is 1. The predicted molar refractivity (Wildman–Crippen MR) is 69.6 cm³/mol. The molecule has 0 aromatic heterocycles. The van der Waals surface area contributed by atoms with Gasteiger partial charge in [-0.25, -0.2) is 4.79 Å². The number of nitro groups is 1. The molecule has 106 valence electrons. The second-order valence-corrected chi connectivity index (χ2v) is 3.69. The Morgan fingerprint density at radius 1 is 1.50 bits per heavy atom. The van der Waals surface area contributed by atoms with E-state index >= 15 is 0 Å². The number of nitrogens with one attached hydrogen (secondary N) is 1. The van der Waals surface area contributed by atoms with E-state index < -0.39 is 17.0 Å². The molecule has 0 aliphatic heterocycles. The van der Waals surface area contributed by atoms with Crippen molar-refractivity contribution in [1.82, 2.24) is 0 Å². The van der Waals surface area contributed by atoms with Crippen LogP contribution in [0.5, 0.6) is 0 Å². The van der Waals surface area contributed by atoms with Crippen molar-refractivity contribution in [2.24, 2.45) is 0 Å². The first-order valence-electron chi connectivity index (χ1n) is 5.48. The molecule has 0 heterocycles. The van der Waals surface area contributed by atoms with E-state index in [0.29, 0.717) is 5.56 Å².